The summed E-state index contributed by atoms with van der Waals surface area (Å²) in [5.41, 5.74) is 4.05. The highest BCUT2D eigenvalue weighted by atomic mass is 16.3. The molecule has 5 nitrogen and oxygen atoms in total. The van der Waals surface area contributed by atoms with E-state index in [1.54, 1.807) is 6.20 Å². The zero-order valence-electron chi connectivity index (χ0n) is 22.9. The van der Waals surface area contributed by atoms with E-state index in [0.29, 0.717) is 23.2 Å². The molecule has 0 bridgehead atoms. The van der Waals surface area contributed by atoms with E-state index in [0.717, 1.165) is 43.8 Å². The Morgan fingerprint density at radius 1 is 0.442 bits per heavy atom. The van der Waals surface area contributed by atoms with Gasteiger partial charge in [-0.3, -0.25) is 0 Å². The topological polar surface area (TPSA) is 64.7 Å². The van der Waals surface area contributed by atoms with E-state index in [1.165, 1.54) is 21.5 Å². The van der Waals surface area contributed by atoms with E-state index in [-0.39, 0.29) is 0 Å². The maximum atomic E-state index is 6.10. The third kappa shape index (κ3) is 3.86. The fourth-order valence-corrected chi connectivity index (χ4v) is 6.06. The van der Waals surface area contributed by atoms with Crippen LogP contribution in [0.5, 0.6) is 0 Å². The Bertz CT molecular complexity index is 2530. The first-order valence-electron chi connectivity index (χ1n) is 14.2. The Morgan fingerprint density at radius 2 is 1.05 bits per heavy atom. The van der Waals surface area contributed by atoms with Gasteiger partial charge < -0.3 is 4.42 Å². The van der Waals surface area contributed by atoms with Crippen molar-refractivity contribution in [1.29, 1.82) is 0 Å². The van der Waals surface area contributed by atoms with Crippen molar-refractivity contribution in [2.24, 2.45) is 0 Å². The minimum absolute atomic E-state index is 0.560. The van der Waals surface area contributed by atoms with Crippen LogP contribution in [0.2, 0.25) is 0 Å². The largest absolute Gasteiger partial charge is 0.438 e. The molecule has 9 rings (SSSR count). The molecule has 5 heteroatoms. The molecule has 0 spiro atoms. The fourth-order valence-electron chi connectivity index (χ4n) is 6.06. The van der Waals surface area contributed by atoms with Crippen LogP contribution in [0, 0.1) is 0 Å². The zero-order chi connectivity index (χ0) is 28.3. The van der Waals surface area contributed by atoms with Crippen LogP contribution in [0.3, 0.4) is 0 Å². The van der Waals surface area contributed by atoms with E-state index in [4.69, 9.17) is 19.4 Å². The van der Waals surface area contributed by atoms with Gasteiger partial charge >= 0.3 is 0 Å². The molecule has 200 valence electrons. The summed E-state index contributed by atoms with van der Waals surface area (Å²) in [6.07, 6.45) is 1.75. The lowest BCUT2D eigenvalue weighted by Gasteiger charge is -2.11. The van der Waals surface area contributed by atoms with Gasteiger partial charge in [0.15, 0.2) is 17.5 Å². The maximum absolute atomic E-state index is 6.10. The highest BCUT2D eigenvalue weighted by Gasteiger charge is 2.18. The lowest BCUT2D eigenvalue weighted by Crippen LogP contribution is -2.00. The lowest BCUT2D eigenvalue weighted by atomic mass is 9.99. The van der Waals surface area contributed by atoms with Crippen molar-refractivity contribution in [3.63, 3.8) is 0 Å². The van der Waals surface area contributed by atoms with Gasteiger partial charge in [0, 0.05) is 28.3 Å². The Balaban J connectivity index is 1.32. The molecular weight excluding hydrogens is 528 g/mol. The summed E-state index contributed by atoms with van der Waals surface area (Å²) in [7, 11) is 0. The molecule has 0 saturated carbocycles. The van der Waals surface area contributed by atoms with Crippen LogP contribution in [-0.2, 0) is 0 Å². The van der Waals surface area contributed by atoms with Crippen LogP contribution in [0.15, 0.2) is 138 Å². The predicted octanol–water partition coefficient (Wildman–Crippen LogP) is 9.63. The molecule has 0 unspecified atom stereocenters. The van der Waals surface area contributed by atoms with Crippen molar-refractivity contribution in [2.75, 3.05) is 0 Å². The normalized spacial score (nSPS) is 11.7. The molecule has 0 N–H and O–H groups in total. The number of hydrogen-bond acceptors (Lipinski definition) is 5. The monoisotopic (exact) mass is 550 g/mol. The van der Waals surface area contributed by atoms with Crippen LogP contribution in [0.4, 0.5) is 0 Å². The first-order chi connectivity index (χ1) is 21.3. The molecule has 0 aliphatic rings. The number of hydrogen-bond donors (Lipinski definition) is 0. The van der Waals surface area contributed by atoms with Gasteiger partial charge in [0.2, 0.25) is 5.71 Å². The lowest BCUT2D eigenvalue weighted by molar-refractivity contribution is 0.654. The third-order valence-corrected chi connectivity index (χ3v) is 8.17. The summed E-state index contributed by atoms with van der Waals surface area (Å²) < 4.78 is 6.10. The van der Waals surface area contributed by atoms with Crippen molar-refractivity contribution in [2.45, 2.75) is 0 Å². The number of rotatable bonds is 3. The van der Waals surface area contributed by atoms with Gasteiger partial charge in [0.25, 0.3) is 0 Å². The first kappa shape index (κ1) is 23.7. The van der Waals surface area contributed by atoms with Crippen molar-refractivity contribution in [3.8, 4) is 34.2 Å². The number of para-hydroxylation sites is 1. The number of fused-ring (bicyclic) bond motifs is 7. The summed E-state index contributed by atoms with van der Waals surface area (Å²) in [6.45, 7) is 0. The molecule has 6 aromatic carbocycles. The molecule has 0 radical (unpaired) electrons. The minimum atomic E-state index is 0.560. The smallest absolute Gasteiger partial charge is 0.228 e. The van der Waals surface area contributed by atoms with Crippen molar-refractivity contribution < 1.29 is 4.42 Å². The van der Waals surface area contributed by atoms with Gasteiger partial charge in [-0.2, -0.15) is 0 Å². The summed E-state index contributed by atoms with van der Waals surface area (Å²) in [5, 5.41) is 8.91. The summed E-state index contributed by atoms with van der Waals surface area (Å²) in [5.74, 6) is 1.80. The molecule has 0 fully saturated rings. The number of furan rings is 1. The van der Waals surface area contributed by atoms with E-state index in [2.05, 4.69) is 96.0 Å². The van der Waals surface area contributed by atoms with Crippen LogP contribution >= 0.6 is 0 Å². The Hall–Kier alpha value is -5.94. The number of nitrogens with zero attached hydrogens (tertiary/aromatic N) is 4. The van der Waals surface area contributed by atoms with Gasteiger partial charge in [-0.05, 0) is 56.6 Å². The molecule has 9 aromatic rings. The SMILES string of the molecule is c1ccc2cc(-c3nc(-c4ccc5ccc6ccccc6c5c4)nc(-c4ccnc5oc6ccccc6c45)n3)ccc2c1. The zero-order valence-corrected chi connectivity index (χ0v) is 22.9. The Labute approximate surface area is 246 Å². The second kappa shape index (κ2) is 9.29. The van der Waals surface area contributed by atoms with Crippen LogP contribution in [0.25, 0.3) is 88.5 Å². The maximum Gasteiger partial charge on any atom is 0.228 e. The minimum Gasteiger partial charge on any atom is -0.438 e. The Morgan fingerprint density at radius 3 is 1.88 bits per heavy atom. The van der Waals surface area contributed by atoms with Crippen LogP contribution in [-0.4, -0.2) is 19.9 Å². The third-order valence-electron chi connectivity index (χ3n) is 8.17. The second-order valence-corrected chi connectivity index (χ2v) is 10.7. The molecular formula is C38H22N4O. The quantitative estimate of drug-likeness (QED) is 0.205. The van der Waals surface area contributed by atoms with E-state index in [1.807, 2.05) is 36.4 Å². The van der Waals surface area contributed by atoms with Gasteiger partial charge in [0.05, 0.1) is 5.39 Å². The van der Waals surface area contributed by atoms with Crippen molar-refractivity contribution in [3.05, 3.63) is 134 Å². The van der Waals surface area contributed by atoms with Gasteiger partial charge in [-0.25, -0.2) is 19.9 Å². The second-order valence-electron chi connectivity index (χ2n) is 10.7. The summed E-state index contributed by atoms with van der Waals surface area (Å²) in [4.78, 5) is 19.7. The predicted molar refractivity (Wildman–Crippen MR) is 174 cm³/mol. The molecule has 3 heterocycles. The average Bonchev–Trinajstić information content (AvgIpc) is 3.46. The highest BCUT2D eigenvalue weighted by molar-refractivity contribution is 6.11. The van der Waals surface area contributed by atoms with Crippen LogP contribution in [0.1, 0.15) is 0 Å². The fraction of sp³-hybridized carbons (Fsp3) is 0. The van der Waals surface area contributed by atoms with E-state index in [9.17, 15) is 0 Å². The van der Waals surface area contributed by atoms with Crippen LogP contribution < -0.4 is 0 Å². The first-order valence-corrected chi connectivity index (χ1v) is 14.2. The molecule has 0 saturated heterocycles. The van der Waals surface area contributed by atoms with Gasteiger partial charge in [-0.15, -0.1) is 0 Å². The van der Waals surface area contributed by atoms with E-state index >= 15 is 0 Å². The highest BCUT2D eigenvalue weighted by Crippen LogP contribution is 2.36. The molecule has 0 atom stereocenters. The summed E-state index contributed by atoms with van der Waals surface area (Å²) >= 11 is 0. The van der Waals surface area contributed by atoms with E-state index < -0.39 is 0 Å². The molecule has 0 amide bonds. The molecule has 3 aromatic heterocycles. The molecule has 43 heavy (non-hydrogen) atoms. The van der Waals surface area contributed by atoms with Crippen molar-refractivity contribution >= 4 is 54.4 Å². The number of pyridine rings is 1. The van der Waals surface area contributed by atoms with Gasteiger partial charge in [-0.1, -0.05) is 103 Å². The van der Waals surface area contributed by atoms with Crippen molar-refractivity contribution in [1.82, 2.24) is 19.9 Å². The average molecular weight is 551 g/mol. The molecule has 0 aliphatic heterocycles. The Kier molecular flexibility index (Phi) is 5.13. The number of benzene rings is 6. The summed E-state index contributed by atoms with van der Waals surface area (Å²) in [6, 6.07) is 43.8. The molecule has 0 aliphatic carbocycles. The standard InChI is InChI=1S/C38H22N4O/c1-2-9-26-21-27(17-13-23(26)7-1)35-40-36(28-18-16-25-15-14-24-8-3-4-10-29(24)32(25)22-28)42-37(41-35)31-19-20-39-38-34(31)30-11-5-6-12-33(30)43-38/h1-22H. The van der Waals surface area contributed by atoms with Gasteiger partial charge in [0.1, 0.15) is 5.58 Å². The number of aromatic nitrogens is 4.